The Morgan fingerprint density at radius 1 is 0.944 bits per heavy atom. The average Bonchev–Trinajstić information content (AvgIpc) is 3.42. The second-order valence-electron chi connectivity index (χ2n) is 10.5. The summed E-state index contributed by atoms with van der Waals surface area (Å²) >= 11 is 0. The fraction of sp³-hybridized carbons (Fsp3) is 0.400. The van der Waals surface area contributed by atoms with E-state index in [1.165, 1.54) is 12.1 Å². The fourth-order valence-electron chi connectivity index (χ4n) is 7.08. The van der Waals surface area contributed by atoms with Gasteiger partial charge in [0, 0.05) is 0 Å². The molecule has 4 saturated carbocycles. The van der Waals surface area contributed by atoms with E-state index in [1.54, 1.807) is 0 Å². The lowest BCUT2D eigenvalue weighted by Crippen LogP contribution is -2.51. The van der Waals surface area contributed by atoms with Gasteiger partial charge in [0.15, 0.2) is 11.2 Å². The summed E-state index contributed by atoms with van der Waals surface area (Å²) in [7, 11) is -4.41. The Morgan fingerprint density at radius 2 is 1.56 bits per heavy atom. The number of esters is 3. The van der Waals surface area contributed by atoms with Crippen LogP contribution in [0.3, 0.4) is 0 Å². The highest BCUT2D eigenvalue weighted by molar-refractivity contribution is 7.85. The topological polar surface area (TPSA) is 146 Å². The Morgan fingerprint density at radius 3 is 2.14 bits per heavy atom. The van der Waals surface area contributed by atoms with Crippen molar-refractivity contribution < 1.29 is 46.0 Å². The Hall–Kier alpha value is -3.44. The predicted molar refractivity (Wildman–Crippen MR) is 120 cm³/mol. The van der Waals surface area contributed by atoms with Crippen LogP contribution < -0.4 is 14.2 Å². The Balaban J connectivity index is 1.19. The van der Waals surface area contributed by atoms with Crippen LogP contribution in [-0.2, 0) is 14.9 Å². The molecule has 2 aromatic heterocycles. The highest BCUT2D eigenvalue weighted by Crippen LogP contribution is 2.61. The van der Waals surface area contributed by atoms with Crippen LogP contribution in [0.25, 0.3) is 11.2 Å². The fourth-order valence-corrected chi connectivity index (χ4v) is 7.56. The van der Waals surface area contributed by atoms with Crippen LogP contribution in [0.1, 0.15) is 59.2 Å². The number of hydrogen-bond acceptors (Lipinski definition) is 9. The highest BCUT2D eigenvalue weighted by Gasteiger charge is 2.56. The third kappa shape index (κ3) is 3.05. The summed E-state index contributed by atoms with van der Waals surface area (Å²) in [4.78, 5) is 38.7. The van der Waals surface area contributed by atoms with Crippen molar-refractivity contribution in [2.75, 3.05) is 0 Å². The van der Waals surface area contributed by atoms with Gasteiger partial charge in [-0.15, -0.1) is 0 Å². The molecule has 5 aliphatic rings. The SMILES string of the molecule is O=C1Oc2c(OC(=O)C34CC5CC(CC(C5)C3)C4)c3oc2c1c3C(=O)Oc1ccc(S(=O)(=O)O)cc1. The standard InChI is InChI=1S/C25H20O10S/c26-22(32-14-1-3-15(4-2-14)36(29,30)31)16-17-18-20(34-23(17)27)21(19(16)33-18)35-24(28)25-8-11-5-12(9-25)7-13(6-11)10-25/h1-4,11-13H,5-10H2,(H,29,30,31). The van der Waals surface area contributed by atoms with Gasteiger partial charge in [0.2, 0.25) is 11.5 Å². The number of fused-ring (bicyclic) bond motifs is 1. The predicted octanol–water partition coefficient (Wildman–Crippen LogP) is 3.99. The minimum absolute atomic E-state index is 0.00265. The van der Waals surface area contributed by atoms with Crippen molar-refractivity contribution in [3.63, 3.8) is 0 Å². The number of rotatable bonds is 5. The van der Waals surface area contributed by atoms with Gasteiger partial charge < -0.3 is 18.6 Å². The first-order valence-electron chi connectivity index (χ1n) is 11.8. The molecule has 3 heterocycles. The number of furan rings is 2. The average molecular weight is 512 g/mol. The van der Waals surface area contributed by atoms with Gasteiger partial charge in [0.05, 0.1) is 10.3 Å². The third-order valence-corrected chi connectivity index (χ3v) is 9.00. The molecule has 10 nitrogen and oxygen atoms in total. The van der Waals surface area contributed by atoms with Crippen LogP contribution in [-0.4, -0.2) is 30.9 Å². The quantitative estimate of drug-likeness (QED) is 0.302. The minimum atomic E-state index is -4.41. The van der Waals surface area contributed by atoms with E-state index in [0.717, 1.165) is 50.7 Å². The Labute approximate surface area is 204 Å². The van der Waals surface area contributed by atoms with Gasteiger partial charge >= 0.3 is 17.9 Å². The smallest absolute Gasteiger partial charge is 0.348 e. The number of ether oxygens (including phenoxy) is 3. The zero-order chi connectivity index (χ0) is 25.0. The summed E-state index contributed by atoms with van der Waals surface area (Å²) in [5.41, 5.74) is -0.965. The van der Waals surface area contributed by atoms with E-state index >= 15 is 0 Å². The Kier molecular flexibility index (Phi) is 4.28. The summed E-state index contributed by atoms with van der Waals surface area (Å²) < 4.78 is 53.6. The molecule has 4 fully saturated rings. The lowest BCUT2D eigenvalue weighted by Gasteiger charge is -2.55. The molecule has 1 aromatic carbocycles. The zero-order valence-electron chi connectivity index (χ0n) is 18.8. The van der Waals surface area contributed by atoms with Gasteiger partial charge in [-0.05, 0) is 80.5 Å². The second-order valence-corrected chi connectivity index (χ2v) is 11.9. The number of benzene rings is 2. The van der Waals surface area contributed by atoms with Crippen LogP contribution in [0.5, 0.6) is 17.2 Å². The number of carbonyl (C=O) groups excluding carboxylic acids is 3. The first kappa shape index (κ1) is 21.8. The molecule has 11 heteroatoms. The first-order valence-corrected chi connectivity index (χ1v) is 13.2. The van der Waals surface area contributed by atoms with Crippen LogP contribution in [0.4, 0.5) is 0 Å². The molecular formula is C25H20O10S. The maximum atomic E-state index is 13.5. The number of hydrogen-bond donors (Lipinski definition) is 1. The maximum absolute atomic E-state index is 13.5. The van der Waals surface area contributed by atoms with Crippen molar-refractivity contribution in [1.29, 1.82) is 0 Å². The maximum Gasteiger partial charge on any atom is 0.348 e. The first-order chi connectivity index (χ1) is 17.1. The van der Waals surface area contributed by atoms with Gasteiger partial charge in [-0.2, -0.15) is 8.42 Å². The van der Waals surface area contributed by atoms with Crippen molar-refractivity contribution in [2.24, 2.45) is 23.2 Å². The highest BCUT2D eigenvalue weighted by atomic mass is 32.2. The molecule has 3 aromatic rings. The molecule has 0 unspecified atom stereocenters. The van der Waals surface area contributed by atoms with Crippen molar-refractivity contribution in [3.05, 3.63) is 35.4 Å². The van der Waals surface area contributed by atoms with Crippen molar-refractivity contribution in [2.45, 2.75) is 43.4 Å². The molecule has 186 valence electrons. The summed E-state index contributed by atoms with van der Waals surface area (Å²) in [6, 6.07) is 4.49. The van der Waals surface area contributed by atoms with Crippen LogP contribution in [0.2, 0.25) is 0 Å². The minimum Gasteiger partial charge on any atom is -0.447 e. The molecule has 4 aliphatic carbocycles. The number of carbonyl (C=O) groups is 3. The summed E-state index contributed by atoms with van der Waals surface area (Å²) in [6.07, 6.45) is 5.81. The third-order valence-electron chi connectivity index (χ3n) is 8.13. The van der Waals surface area contributed by atoms with Gasteiger partial charge in [-0.3, -0.25) is 9.35 Å². The molecule has 6 bridgehead atoms. The van der Waals surface area contributed by atoms with Gasteiger partial charge in [0.1, 0.15) is 16.9 Å². The molecule has 8 rings (SSSR count). The lowest BCUT2D eigenvalue weighted by molar-refractivity contribution is -0.161. The van der Waals surface area contributed by atoms with E-state index in [1.807, 2.05) is 0 Å². The normalized spacial score (nSPS) is 28.0. The van der Waals surface area contributed by atoms with E-state index in [-0.39, 0.29) is 50.4 Å². The molecule has 0 saturated heterocycles. The monoisotopic (exact) mass is 512 g/mol. The van der Waals surface area contributed by atoms with Gasteiger partial charge in [-0.25, -0.2) is 9.59 Å². The Bertz CT molecular complexity index is 1530. The van der Waals surface area contributed by atoms with E-state index in [0.29, 0.717) is 17.8 Å². The van der Waals surface area contributed by atoms with Crippen LogP contribution in [0.15, 0.2) is 33.6 Å². The van der Waals surface area contributed by atoms with Gasteiger partial charge in [-0.1, -0.05) is 0 Å². The molecular weight excluding hydrogens is 492 g/mol. The molecule has 0 radical (unpaired) electrons. The summed E-state index contributed by atoms with van der Waals surface area (Å²) in [6.45, 7) is 0. The molecule has 1 aliphatic heterocycles. The van der Waals surface area contributed by atoms with Crippen molar-refractivity contribution >= 4 is 39.2 Å². The van der Waals surface area contributed by atoms with Crippen LogP contribution >= 0.6 is 0 Å². The molecule has 36 heavy (non-hydrogen) atoms. The van der Waals surface area contributed by atoms with Crippen molar-refractivity contribution in [3.8, 4) is 17.2 Å². The summed E-state index contributed by atoms with van der Waals surface area (Å²) in [5.74, 6) is -0.718. The van der Waals surface area contributed by atoms with Crippen molar-refractivity contribution in [1.82, 2.24) is 0 Å². The van der Waals surface area contributed by atoms with E-state index in [2.05, 4.69) is 0 Å². The molecule has 1 N–H and O–H groups in total. The summed E-state index contributed by atoms with van der Waals surface area (Å²) in [5, 5.41) is 0. The van der Waals surface area contributed by atoms with Crippen LogP contribution in [0, 0.1) is 23.2 Å². The van der Waals surface area contributed by atoms with Gasteiger partial charge in [0.25, 0.3) is 10.1 Å². The molecule has 0 atom stereocenters. The van der Waals surface area contributed by atoms with E-state index in [4.69, 9.17) is 23.2 Å². The lowest BCUT2D eigenvalue weighted by atomic mass is 9.49. The largest absolute Gasteiger partial charge is 0.447 e. The zero-order valence-corrected chi connectivity index (χ0v) is 19.6. The molecule has 0 amide bonds. The van der Waals surface area contributed by atoms with E-state index < -0.39 is 27.5 Å². The second kappa shape index (κ2) is 7.07. The van der Waals surface area contributed by atoms with E-state index in [9.17, 15) is 22.8 Å². The molecule has 0 spiro atoms.